The van der Waals surface area contributed by atoms with Gasteiger partial charge in [0.1, 0.15) is 0 Å². The first-order chi connectivity index (χ1) is 16.7. The van der Waals surface area contributed by atoms with E-state index in [4.69, 9.17) is 0 Å². The Kier molecular flexibility index (Phi) is 4.97. The Morgan fingerprint density at radius 1 is 0.686 bits per heavy atom. The summed E-state index contributed by atoms with van der Waals surface area (Å²) in [7, 11) is 0. The summed E-state index contributed by atoms with van der Waals surface area (Å²) in [6.07, 6.45) is 2.59. The lowest BCUT2D eigenvalue weighted by atomic mass is 9.81. The lowest BCUT2D eigenvalue weighted by molar-refractivity contribution is 0.558. The van der Waals surface area contributed by atoms with Crippen molar-refractivity contribution in [2.75, 3.05) is 4.90 Å². The monoisotopic (exact) mass is 457 g/mol. The predicted molar refractivity (Wildman–Crippen MR) is 150 cm³/mol. The highest BCUT2D eigenvalue weighted by Gasteiger charge is 2.39. The van der Waals surface area contributed by atoms with Gasteiger partial charge in [-0.1, -0.05) is 86.6 Å². The Balaban J connectivity index is 1.57. The van der Waals surface area contributed by atoms with Gasteiger partial charge in [0, 0.05) is 22.3 Å². The van der Waals surface area contributed by atoms with Gasteiger partial charge in [-0.2, -0.15) is 0 Å². The predicted octanol–water partition coefficient (Wildman–Crippen LogP) is 9.47. The van der Waals surface area contributed by atoms with E-state index in [1.807, 2.05) is 0 Å². The number of hydrogen-bond acceptors (Lipinski definition) is 1. The molecule has 1 heteroatoms. The second-order valence-electron chi connectivity index (χ2n) is 11.8. The van der Waals surface area contributed by atoms with Crippen LogP contribution in [0.15, 0.2) is 91.0 Å². The first-order valence-corrected chi connectivity index (χ1v) is 13.0. The highest BCUT2D eigenvalue weighted by atomic mass is 15.2. The van der Waals surface area contributed by atoms with E-state index in [2.05, 4.69) is 131 Å². The standard InChI is InChI=1S/C34H35N/c1-33(2,3)35(26-15-11-14-25(20-26)23-12-7-6-8-13-23)32-22-29-27-16-9-10-17-30(27)34(4,5)31(29)21-28(32)24-18-19-24/h6-17,20-22,24H,18-19H2,1-5H3. The minimum atomic E-state index is -0.0686. The van der Waals surface area contributed by atoms with Gasteiger partial charge < -0.3 is 4.90 Å². The first-order valence-electron chi connectivity index (χ1n) is 13.0. The summed E-state index contributed by atoms with van der Waals surface area (Å²) in [5.74, 6) is 0.664. The molecular weight excluding hydrogens is 422 g/mol. The maximum atomic E-state index is 2.58. The maximum absolute atomic E-state index is 2.58. The lowest BCUT2D eigenvalue weighted by Gasteiger charge is -2.40. The zero-order valence-electron chi connectivity index (χ0n) is 21.6. The molecule has 1 nitrogen and oxygen atoms in total. The van der Waals surface area contributed by atoms with Gasteiger partial charge in [0.05, 0.1) is 0 Å². The van der Waals surface area contributed by atoms with Gasteiger partial charge in [0.2, 0.25) is 0 Å². The molecule has 0 aliphatic heterocycles. The third-order valence-corrected chi connectivity index (χ3v) is 7.87. The average Bonchev–Trinajstić information content (AvgIpc) is 3.66. The fourth-order valence-electron chi connectivity index (χ4n) is 6.01. The van der Waals surface area contributed by atoms with Crippen molar-refractivity contribution < 1.29 is 0 Å². The molecule has 0 amide bonds. The van der Waals surface area contributed by atoms with Crippen LogP contribution in [0.3, 0.4) is 0 Å². The van der Waals surface area contributed by atoms with Crippen molar-refractivity contribution in [3.8, 4) is 22.3 Å². The topological polar surface area (TPSA) is 3.24 Å². The fraction of sp³-hybridized carbons (Fsp3) is 0.294. The van der Waals surface area contributed by atoms with Crippen LogP contribution in [0.4, 0.5) is 11.4 Å². The molecule has 2 aliphatic carbocycles. The van der Waals surface area contributed by atoms with Gasteiger partial charge in [-0.25, -0.2) is 0 Å². The summed E-state index contributed by atoms with van der Waals surface area (Å²) in [4.78, 5) is 2.58. The van der Waals surface area contributed by atoms with E-state index in [-0.39, 0.29) is 11.0 Å². The van der Waals surface area contributed by atoms with Crippen molar-refractivity contribution in [3.63, 3.8) is 0 Å². The summed E-state index contributed by atoms with van der Waals surface area (Å²) in [5.41, 5.74) is 12.4. The van der Waals surface area contributed by atoms with Crippen LogP contribution >= 0.6 is 0 Å². The minimum absolute atomic E-state index is 0.0356. The van der Waals surface area contributed by atoms with Gasteiger partial charge in [-0.15, -0.1) is 0 Å². The summed E-state index contributed by atoms with van der Waals surface area (Å²) in [5, 5.41) is 0. The van der Waals surface area contributed by atoms with Gasteiger partial charge >= 0.3 is 0 Å². The fourth-order valence-corrected chi connectivity index (χ4v) is 6.01. The third kappa shape index (κ3) is 3.69. The molecule has 35 heavy (non-hydrogen) atoms. The van der Waals surface area contributed by atoms with Crippen molar-refractivity contribution in [2.24, 2.45) is 0 Å². The molecule has 2 aliphatic rings. The van der Waals surface area contributed by atoms with Crippen LogP contribution in [-0.4, -0.2) is 5.54 Å². The quantitative estimate of drug-likeness (QED) is 0.295. The molecule has 0 unspecified atom stereocenters. The molecule has 4 aromatic carbocycles. The average molecular weight is 458 g/mol. The Morgan fingerprint density at radius 2 is 1.37 bits per heavy atom. The Labute approximate surface area is 210 Å². The normalized spacial score (nSPS) is 16.0. The Bertz CT molecular complexity index is 1400. The van der Waals surface area contributed by atoms with Crippen LogP contribution in [0.25, 0.3) is 22.3 Å². The highest BCUT2D eigenvalue weighted by Crippen LogP contribution is 2.55. The van der Waals surface area contributed by atoms with Crippen molar-refractivity contribution in [2.45, 2.75) is 64.3 Å². The van der Waals surface area contributed by atoms with Crippen LogP contribution in [-0.2, 0) is 5.41 Å². The minimum Gasteiger partial charge on any atom is -0.336 e. The molecule has 0 heterocycles. The lowest BCUT2D eigenvalue weighted by Crippen LogP contribution is -2.38. The van der Waals surface area contributed by atoms with Gasteiger partial charge in [-0.05, 0) is 96.7 Å². The number of nitrogens with zero attached hydrogens (tertiary/aromatic N) is 1. The maximum Gasteiger partial charge on any atom is 0.0457 e. The summed E-state index contributed by atoms with van der Waals surface area (Å²) in [6, 6.07) is 33.9. The SMILES string of the molecule is CC1(C)c2ccccc2-c2cc(N(c3cccc(-c4ccccc4)c3)C(C)(C)C)c(C3CC3)cc21. The van der Waals surface area contributed by atoms with E-state index in [1.165, 1.54) is 63.2 Å². The van der Waals surface area contributed by atoms with Crippen molar-refractivity contribution >= 4 is 11.4 Å². The van der Waals surface area contributed by atoms with Crippen LogP contribution in [0.2, 0.25) is 0 Å². The van der Waals surface area contributed by atoms with Crippen LogP contribution in [0, 0.1) is 0 Å². The molecule has 0 N–H and O–H groups in total. The van der Waals surface area contributed by atoms with E-state index in [0.29, 0.717) is 5.92 Å². The third-order valence-electron chi connectivity index (χ3n) is 7.87. The first kappa shape index (κ1) is 22.2. The smallest absolute Gasteiger partial charge is 0.0457 e. The molecule has 6 rings (SSSR count). The molecule has 0 radical (unpaired) electrons. The van der Waals surface area contributed by atoms with Crippen LogP contribution in [0.5, 0.6) is 0 Å². The second-order valence-corrected chi connectivity index (χ2v) is 11.8. The van der Waals surface area contributed by atoms with E-state index in [9.17, 15) is 0 Å². The molecule has 0 saturated heterocycles. The van der Waals surface area contributed by atoms with E-state index < -0.39 is 0 Å². The molecule has 1 fully saturated rings. The van der Waals surface area contributed by atoms with Gasteiger partial charge in [-0.3, -0.25) is 0 Å². The Hall–Kier alpha value is -3.32. The number of anilines is 2. The van der Waals surface area contributed by atoms with Crippen LogP contribution < -0.4 is 4.90 Å². The summed E-state index contributed by atoms with van der Waals surface area (Å²) < 4.78 is 0. The number of benzene rings is 4. The molecule has 0 aromatic heterocycles. The van der Waals surface area contributed by atoms with Crippen molar-refractivity contribution in [1.82, 2.24) is 0 Å². The van der Waals surface area contributed by atoms with Crippen LogP contribution in [0.1, 0.15) is 70.1 Å². The molecular formula is C34H35N. The zero-order valence-corrected chi connectivity index (χ0v) is 21.6. The highest BCUT2D eigenvalue weighted by molar-refractivity contribution is 5.86. The van der Waals surface area contributed by atoms with E-state index in [1.54, 1.807) is 0 Å². The van der Waals surface area contributed by atoms with E-state index in [0.717, 1.165) is 0 Å². The van der Waals surface area contributed by atoms with Crippen molar-refractivity contribution in [3.05, 3.63) is 108 Å². The zero-order chi connectivity index (χ0) is 24.4. The van der Waals surface area contributed by atoms with Crippen molar-refractivity contribution in [1.29, 1.82) is 0 Å². The molecule has 0 bridgehead atoms. The molecule has 0 spiro atoms. The molecule has 4 aromatic rings. The molecule has 0 atom stereocenters. The van der Waals surface area contributed by atoms with Gasteiger partial charge in [0.15, 0.2) is 0 Å². The molecule has 176 valence electrons. The summed E-state index contributed by atoms with van der Waals surface area (Å²) in [6.45, 7) is 11.8. The number of fused-ring (bicyclic) bond motifs is 3. The van der Waals surface area contributed by atoms with E-state index >= 15 is 0 Å². The number of rotatable bonds is 4. The molecule has 1 saturated carbocycles. The largest absolute Gasteiger partial charge is 0.336 e. The second kappa shape index (κ2) is 7.85. The Morgan fingerprint density at radius 3 is 2.09 bits per heavy atom. The van der Waals surface area contributed by atoms with Gasteiger partial charge in [0.25, 0.3) is 0 Å². The summed E-state index contributed by atoms with van der Waals surface area (Å²) >= 11 is 0. The number of hydrogen-bond donors (Lipinski definition) is 0.